The highest BCUT2D eigenvalue weighted by Gasteiger charge is 2.19. The summed E-state index contributed by atoms with van der Waals surface area (Å²) in [6.45, 7) is 0. The van der Waals surface area contributed by atoms with Crippen LogP contribution in [0.15, 0.2) is 41.0 Å². The summed E-state index contributed by atoms with van der Waals surface area (Å²) in [7, 11) is 0. The molecular weight excluding hydrogens is 330 g/mol. The molecule has 1 aromatic heterocycles. The molecule has 20 heavy (non-hydrogen) atoms. The van der Waals surface area contributed by atoms with Crippen LogP contribution in [0.5, 0.6) is 0 Å². The van der Waals surface area contributed by atoms with E-state index in [9.17, 15) is 14.9 Å². The standard InChI is InChI=1S/C12H8BrN3O4/c13-8-1-3-9(4-2-8)15-11-10(16(19)20)5-7(6-14-11)12(17)18/h1-6H,(H,14,15)(H,17,18). The maximum atomic E-state index is 11.0. The van der Waals surface area contributed by atoms with Gasteiger partial charge in [-0.05, 0) is 24.3 Å². The summed E-state index contributed by atoms with van der Waals surface area (Å²) in [4.78, 5) is 24.9. The molecule has 1 heterocycles. The number of benzene rings is 1. The van der Waals surface area contributed by atoms with E-state index in [4.69, 9.17) is 5.11 Å². The van der Waals surface area contributed by atoms with Gasteiger partial charge in [0.15, 0.2) is 0 Å². The average molecular weight is 338 g/mol. The number of anilines is 2. The van der Waals surface area contributed by atoms with Crippen molar-refractivity contribution in [2.45, 2.75) is 0 Å². The number of carboxylic acid groups (broad SMARTS) is 1. The fraction of sp³-hybridized carbons (Fsp3) is 0. The molecule has 0 saturated carbocycles. The van der Waals surface area contributed by atoms with Crippen LogP contribution >= 0.6 is 15.9 Å². The van der Waals surface area contributed by atoms with E-state index in [-0.39, 0.29) is 11.4 Å². The highest BCUT2D eigenvalue weighted by atomic mass is 79.9. The molecular formula is C12H8BrN3O4. The molecule has 0 fully saturated rings. The summed E-state index contributed by atoms with van der Waals surface area (Å²) >= 11 is 3.28. The highest BCUT2D eigenvalue weighted by molar-refractivity contribution is 9.10. The van der Waals surface area contributed by atoms with Gasteiger partial charge in [0, 0.05) is 22.4 Å². The van der Waals surface area contributed by atoms with Crippen molar-refractivity contribution < 1.29 is 14.8 Å². The first kappa shape index (κ1) is 13.9. The summed E-state index contributed by atoms with van der Waals surface area (Å²) in [5.41, 5.74) is -0.0299. The largest absolute Gasteiger partial charge is 0.478 e. The van der Waals surface area contributed by atoms with Gasteiger partial charge < -0.3 is 10.4 Å². The number of nitrogens with one attached hydrogen (secondary N) is 1. The van der Waals surface area contributed by atoms with Gasteiger partial charge in [-0.15, -0.1) is 0 Å². The lowest BCUT2D eigenvalue weighted by Crippen LogP contribution is -2.04. The lowest BCUT2D eigenvalue weighted by molar-refractivity contribution is -0.384. The minimum absolute atomic E-state index is 0.0117. The minimum Gasteiger partial charge on any atom is -0.478 e. The number of hydrogen-bond donors (Lipinski definition) is 2. The van der Waals surface area contributed by atoms with Gasteiger partial charge in [0.05, 0.1) is 10.5 Å². The Morgan fingerprint density at radius 3 is 2.55 bits per heavy atom. The minimum atomic E-state index is -1.27. The summed E-state index contributed by atoms with van der Waals surface area (Å²) < 4.78 is 0.867. The summed E-state index contributed by atoms with van der Waals surface area (Å²) in [5.74, 6) is -1.28. The third-order valence-corrected chi connectivity index (χ3v) is 2.95. The molecule has 7 nitrogen and oxygen atoms in total. The number of aromatic carboxylic acids is 1. The summed E-state index contributed by atoms with van der Waals surface area (Å²) in [6, 6.07) is 7.91. The Morgan fingerprint density at radius 1 is 1.35 bits per heavy atom. The topological polar surface area (TPSA) is 105 Å². The van der Waals surface area contributed by atoms with Crippen molar-refractivity contribution in [2.24, 2.45) is 0 Å². The van der Waals surface area contributed by atoms with Crippen molar-refractivity contribution in [3.8, 4) is 0 Å². The Bertz CT molecular complexity index is 673. The lowest BCUT2D eigenvalue weighted by atomic mass is 10.2. The van der Waals surface area contributed by atoms with Crippen LogP contribution in [0.3, 0.4) is 0 Å². The molecule has 0 saturated heterocycles. The number of aromatic nitrogens is 1. The van der Waals surface area contributed by atoms with Gasteiger partial charge in [0.25, 0.3) is 0 Å². The Labute approximate surface area is 121 Å². The zero-order valence-corrected chi connectivity index (χ0v) is 11.5. The summed E-state index contributed by atoms with van der Waals surface area (Å²) in [5, 5.41) is 22.6. The van der Waals surface area contributed by atoms with Crippen LogP contribution in [0.4, 0.5) is 17.2 Å². The monoisotopic (exact) mass is 337 g/mol. The van der Waals surface area contributed by atoms with Crippen molar-refractivity contribution in [3.63, 3.8) is 0 Å². The third-order valence-electron chi connectivity index (χ3n) is 2.42. The third kappa shape index (κ3) is 3.09. The Kier molecular flexibility index (Phi) is 3.94. The van der Waals surface area contributed by atoms with E-state index < -0.39 is 16.6 Å². The van der Waals surface area contributed by atoms with E-state index in [0.717, 1.165) is 16.7 Å². The maximum Gasteiger partial charge on any atom is 0.337 e. The Balaban J connectivity index is 2.38. The predicted octanol–water partition coefficient (Wildman–Crippen LogP) is 3.19. The van der Waals surface area contributed by atoms with E-state index in [1.807, 2.05) is 0 Å². The number of nitrogens with zero attached hydrogens (tertiary/aromatic N) is 2. The van der Waals surface area contributed by atoms with E-state index in [1.165, 1.54) is 0 Å². The molecule has 2 aromatic rings. The second-order valence-electron chi connectivity index (χ2n) is 3.79. The molecule has 0 unspecified atom stereocenters. The fourth-order valence-corrected chi connectivity index (χ4v) is 1.74. The zero-order chi connectivity index (χ0) is 14.7. The number of carboxylic acids is 1. The van der Waals surface area contributed by atoms with Crippen LogP contribution < -0.4 is 5.32 Å². The van der Waals surface area contributed by atoms with Crippen LogP contribution in [0.25, 0.3) is 0 Å². The molecule has 0 bridgehead atoms. The number of rotatable bonds is 4. The van der Waals surface area contributed by atoms with E-state index in [2.05, 4.69) is 26.2 Å². The van der Waals surface area contributed by atoms with Crippen molar-refractivity contribution in [1.29, 1.82) is 0 Å². The summed E-state index contributed by atoms with van der Waals surface area (Å²) in [6.07, 6.45) is 1.07. The first-order valence-electron chi connectivity index (χ1n) is 5.37. The number of halogens is 1. The average Bonchev–Trinajstić information content (AvgIpc) is 2.41. The number of carbonyl (C=O) groups is 1. The molecule has 0 amide bonds. The maximum absolute atomic E-state index is 11.0. The number of pyridine rings is 1. The van der Waals surface area contributed by atoms with Crippen LogP contribution in [0.2, 0.25) is 0 Å². The molecule has 102 valence electrons. The van der Waals surface area contributed by atoms with Crippen LogP contribution in [0, 0.1) is 10.1 Å². The van der Waals surface area contributed by atoms with Gasteiger partial charge >= 0.3 is 11.7 Å². The van der Waals surface area contributed by atoms with Gasteiger partial charge in [0.1, 0.15) is 0 Å². The smallest absolute Gasteiger partial charge is 0.337 e. The SMILES string of the molecule is O=C(O)c1cnc(Nc2ccc(Br)cc2)c([N+](=O)[O-])c1. The van der Waals surface area contributed by atoms with Gasteiger partial charge in [0.2, 0.25) is 5.82 Å². The van der Waals surface area contributed by atoms with Gasteiger partial charge in [-0.1, -0.05) is 15.9 Å². The van der Waals surface area contributed by atoms with Crippen LogP contribution in [-0.2, 0) is 0 Å². The quantitative estimate of drug-likeness (QED) is 0.655. The number of nitro groups is 1. The zero-order valence-electron chi connectivity index (χ0n) is 9.91. The van der Waals surface area contributed by atoms with Crippen molar-refractivity contribution >= 4 is 39.1 Å². The van der Waals surface area contributed by atoms with Crippen LogP contribution in [-0.4, -0.2) is 21.0 Å². The van der Waals surface area contributed by atoms with Gasteiger partial charge in [-0.2, -0.15) is 0 Å². The Hall–Kier alpha value is -2.48. The van der Waals surface area contributed by atoms with Crippen LogP contribution in [0.1, 0.15) is 10.4 Å². The molecule has 0 radical (unpaired) electrons. The van der Waals surface area contributed by atoms with E-state index >= 15 is 0 Å². The lowest BCUT2D eigenvalue weighted by Gasteiger charge is -2.06. The normalized spacial score (nSPS) is 10.1. The van der Waals surface area contributed by atoms with Crippen molar-refractivity contribution in [2.75, 3.05) is 5.32 Å². The molecule has 2 N–H and O–H groups in total. The highest BCUT2D eigenvalue weighted by Crippen LogP contribution is 2.26. The van der Waals surface area contributed by atoms with Gasteiger partial charge in [-0.3, -0.25) is 10.1 Å². The predicted molar refractivity (Wildman–Crippen MR) is 75.3 cm³/mol. The second kappa shape index (κ2) is 5.66. The second-order valence-corrected chi connectivity index (χ2v) is 4.70. The first-order chi connectivity index (χ1) is 9.47. The molecule has 2 rings (SSSR count). The van der Waals surface area contributed by atoms with Crippen molar-refractivity contribution in [3.05, 3.63) is 56.7 Å². The van der Waals surface area contributed by atoms with E-state index in [1.54, 1.807) is 24.3 Å². The molecule has 0 spiro atoms. The fourth-order valence-electron chi connectivity index (χ4n) is 1.48. The van der Waals surface area contributed by atoms with Gasteiger partial charge in [-0.25, -0.2) is 9.78 Å². The molecule has 0 atom stereocenters. The molecule has 8 heteroatoms. The Morgan fingerprint density at radius 2 is 2.00 bits per heavy atom. The van der Waals surface area contributed by atoms with E-state index in [0.29, 0.717) is 5.69 Å². The van der Waals surface area contributed by atoms with Crippen molar-refractivity contribution in [1.82, 2.24) is 4.98 Å². The molecule has 1 aromatic carbocycles. The first-order valence-corrected chi connectivity index (χ1v) is 6.17. The molecule has 0 aliphatic heterocycles. The molecule has 0 aliphatic rings. The number of hydrogen-bond acceptors (Lipinski definition) is 5. The molecule has 0 aliphatic carbocycles.